The van der Waals surface area contributed by atoms with Crippen molar-refractivity contribution in [1.29, 1.82) is 0 Å². The van der Waals surface area contributed by atoms with Gasteiger partial charge in [-0.15, -0.1) is 17.9 Å². The van der Waals surface area contributed by atoms with Gasteiger partial charge in [0.1, 0.15) is 5.01 Å². The molecule has 2 aromatic carbocycles. The van der Waals surface area contributed by atoms with Gasteiger partial charge in [0.05, 0.1) is 21.2 Å². The molecule has 8 heteroatoms. The number of hydrogen-bond acceptors (Lipinski definition) is 5. The van der Waals surface area contributed by atoms with E-state index in [9.17, 15) is 13.2 Å². The molecule has 0 aliphatic heterocycles. The Balaban J connectivity index is 1.84. The number of hydrogen-bond donors (Lipinski definition) is 1. The molecule has 0 radical (unpaired) electrons. The number of fused-ring (bicyclic) bond motifs is 1. The second kappa shape index (κ2) is 8.22. The fourth-order valence-corrected chi connectivity index (χ4v) is 4.77. The van der Waals surface area contributed by atoms with Crippen LogP contribution in [0.3, 0.4) is 0 Å². The molecule has 0 spiro atoms. The molecule has 0 fully saturated rings. The molecule has 6 nitrogen and oxygen atoms in total. The molecule has 0 saturated heterocycles. The molecular formula is C20H21N3O3S2. The van der Waals surface area contributed by atoms with Crippen molar-refractivity contribution in [2.45, 2.75) is 17.9 Å². The molecular weight excluding hydrogens is 394 g/mol. The van der Waals surface area contributed by atoms with Crippen molar-refractivity contribution in [3.05, 3.63) is 71.8 Å². The molecule has 1 heterocycles. The van der Waals surface area contributed by atoms with Crippen molar-refractivity contribution in [3.8, 4) is 0 Å². The first-order chi connectivity index (χ1) is 13.3. The molecule has 0 saturated carbocycles. The number of benzene rings is 2. The SMILES string of the molecule is C=CCNS(=O)(=O)c1cccc(C(=O)N(C)[C@@H](C)c2nc3ccccc3s2)c1. The summed E-state index contributed by atoms with van der Waals surface area (Å²) in [6.45, 7) is 5.52. The van der Waals surface area contributed by atoms with E-state index in [-0.39, 0.29) is 23.4 Å². The lowest BCUT2D eigenvalue weighted by Crippen LogP contribution is -2.30. The number of nitrogens with one attached hydrogen (secondary N) is 1. The number of sulfonamides is 1. The molecule has 0 aliphatic rings. The summed E-state index contributed by atoms with van der Waals surface area (Å²) in [4.78, 5) is 19.2. The Morgan fingerprint density at radius 1 is 1.29 bits per heavy atom. The van der Waals surface area contributed by atoms with Crippen molar-refractivity contribution < 1.29 is 13.2 Å². The Labute approximate surface area is 168 Å². The number of para-hydroxylation sites is 1. The Morgan fingerprint density at radius 2 is 2.04 bits per heavy atom. The maximum atomic E-state index is 12.9. The van der Waals surface area contributed by atoms with Crippen LogP contribution in [0.25, 0.3) is 10.2 Å². The average Bonchev–Trinajstić information content (AvgIpc) is 3.15. The van der Waals surface area contributed by atoms with Crippen molar-refractivity contribution in [3.63, 3.8) is 0 Å². The minimum atomic E-state index is -3.70. The van der Waals surface area contributed by atoms with Crippen molar-refractivity contribution in [1.82, 2.24) is 14.6 Å². The van der Waals surface area contributed by atoms with Crippen LogP contribution in [0.4, 0.5) is 0 Å². The van der Waals surface area contributed by atoms with Crippen LogP contribution in [0.15, 0.2) is 66.1 Å². The third kappa shape index (κ3) is 4.14. The first kappa shape index (κ1) is 20.2. The maximum Gasteiger partial charge on any atom is 0.254 e. The highest BCUT2D eigenvalue weighted by Gasteiger charge is 2.23. The van der Waals surface area contributed by atoms with Gasteiger partial charge in [-0.2, -0.15) is 0 Å². The van der Waals surface area contributed by atoms with E-state index in [1.165, 1.54) is 18.2 Å². The van der Waals surface area contributed by atoms with Gasteiger partial charge in [-0.1, -0.05) is 24.3 Å². The normalized spacial score (nSPS) is 12.6. The Hall–Kier alpha value is -2.55. The van der Waals surface area contributed by atoms with Gasteiger partial charge in [-0.25, -0.2) is 18.1 Å². The van der Waals surface area contributed by atoms with E-state index in [4.69, 9.17) is 0 Å². The van der Waals surface area contributed by atoms with E-state index in [1.807, 2.05) is 31.2 Å². The van der Waals surface area contributed by atoms with E-state index in [2.05, 4.69) is 16.3 Å². The van der Waals surface area contributed by atoms with E-state index < -0.39 is 10.0 Å². The maximum absolute atomic E-state index is 12.9. The average molecular weight is 416 g/mol. The van der Waals surface area contributed by atoms with Crippen LogP contribution in [-0.2, 0) is 10.0 Å². The van der Waals surface area contributed by atoms with Gasteiger partial charge in [0, 0.05) is 19.2 Å². The van der Waals surface area contributed by atoms with E-state index in [1.54, 1.807) is 35.4 Å². The smallest absolute Gasteiger partial charge is 0.254 e. The Kier molecular flexibility index (Phi) is 5.93. The zero-order valence-electron chi connectivity index (χ0n) is 15.6. The number of amides is 1. The minimum absolute atomic E-state index is 0.0428. The highest BCUT2D eigenvalue weighted by molar-refractivity contribution is 7.89. The van der Waals surface area contributed by atoms with Crippen LogP contribution in [-0.4, -0.2) is 37.8 Å². The topological polar surface area (TPSA) is 79.4 Å². The number of rotatable bonds is 7. The number of carbonyl (C=O) groups is 1. The Bertz CT molecular complexity index is 1090. The molecule has 3 aromatic rings. The van der Waals surface area contributed by atoms with Gasteiger partial charge in [-0.3, -0.25) is 4.79 Å². The minimum Gasteiger partial charge on any atom is -0.333 e. The largest absolute Gasteiger partial charge is 0.333 e. The third-order valence-corrected chi connectivity index (χ3v) is 7.01. The molecule has 1 atom stereocenters. The van der Waals surface area contributed by atoms with Gasteiger partial charge in [-0.05, 0) is 37.3 Å². The summed E-state index contributed by atoms with van der Waals surface area (Å²) in [5, 5.41) is 0.827. The van der Waals surface area contributed by atoms with E-state index in [0.717, 1.165) is 15.2 Å². The zero-order valence-corrected chi connectivity index (χ0v) is 17.3. The molecule has 0 bridgehead atoms. The summed E-state index contributed by atoms with van der Waals surface area (Å²) in [6.07, 6.45) is 1.46. The molecule has 3 rings (SSSR count). The summed E-state index contributed by atoms with van der Waals surface area (Å²) in [5.41, 5.74) is 1.20. The zero-order chi connectivity index (χ0) is 20.3. The molecule has 0 aliphatic carbocycles. The van der Waals surface area contributed by atoms with Crippen LogP contribution in [0.5, 0.6) is 0 Å². The lowest BCUT2D eigenvalue weighted by molar-refractivity contribution is 0.0742. The fraction of sp³-hybridized carbons (Fsp3) is 0.200. The molecule has 1 N–H and O–H groups in total. The number of aromatic nitrogens is 1. The predicted octanol–water partition coefficient (Wildman–Crippen LogP) is 3.59. The van der Waals surface area contributed by atoms with Gasteiger partial charge >= 0.3 is 0 Å². The molecule has 28 heavy (non-hydrogen) atoms. The lowest BCUT2D eigenvalue weighted by Gasteiger charge is -2.23. The van der Waals surface area contributed by atoms with Crippen LogP contribution in [0.1, 0.15) is 28.3 Å². The van der Waals surface area contributed by atoms with Crippen LogP contribution < -0.4 is 4.72 Å². The molecule has 1 aromatic heterocycles. The second-order valence-corrected chi connectivity index (χ2v) is 9.11. The van der Waals surface area contributed by atoms with E-state index in [0.29, 0.717) is 5.56 Å². The summed E-state index contributed by atoms with van der Waals surface area (Å²) < 4.78 is 28.1. The standard InChI is InChI=1S/C20H21N3O3S2/c1-4-12-21-28(25,26)16-9-7-8-15(13-16)20(24)23(3)14(2)19-22-17-10-5-6-11-18(17)27-19/h4-11,13-14,21H,1,12H2,2-3H3/t14-/m0/s1. The van der Waals surface area contributed by atoms with Gasteiger partial charge in [0.2, 0.25) is 10.0 Å². The third-order valence-electron chi connectivity index (χ3n) is 4.38. The fourth-order valence-electron chi connectivity index (χ4n) is 2.66. The predicted molar refractivity (Wildman–Crippen MR) is 112 cm³/mol. The summed E-state index contributed by atoms with van der Waals surface area (Å²) in [6, 6.07) is 13.6. The quantitative estimate of drug-likeness (QED) is 0.598. The van der Waals surface area contributed by atoms with E-state index >= 15 is 0 Å². The van der Waals surface area contributed by atoms with Crippen molar-refractivity contribution in [2.75, 3.05) is 13.6 Å². The lowest BCUT2D eigenvalue weighted by atomic mass is 10.2. The van der Waals surface area contributed by atoms with Gasteiger partial charge < -0.3 is 4.90 Å². The van der Waals surface area contributed by atoms with Crippen molar-refractivity contribution >= 4 is 37.5 Å². The summed E-state index contributed by atoms with van der Waals surface area (Å²) in [7, 11) is -2.01. The van der Waals surface area contributed by atoms with Crippen LogP contribution in [0, 0.1) is 0 Å². The first-order valence-corrected chi connectivity index (χ1v) is 11.0. The van der Waals surface area contributed by atoms with Gasteiger partial charge in [0.25, 0.3) is 5.91 Å². The molecule has 146 valence electrons. The number of carbonyl (C=O) groups excluding carboxylic acids is 1. The second-order valence-electron chi connectivity index (χ2n) is 6.28. The van der Waals surface area contributed by atoms with Crippen LogP contribution >= 0.6 is 11.3 Å². The molecule has 1 amide bonds. The monoisotopic (exact) mass is 415 g/mol. The Morgan fingerprint density at radius 3 is 2.75 bits per heavy atom. The summed E-state index contributed by atoms with van der Waals surface area (Å²) in [5.74, 6) is -0.271. The highest BCUT2D eigenvalue weighted by Crippen LogP contribution is 2.29. The van der Waals surface area contributed by atoms with Crippen LogP contribution in [0.2, 0.25) is 0 Å². The van der Waals surface area contributed by atoms with Gasteiger partial charge in [0.15, 0.2) is 0 Å². The van der Waals surface area contributed by atoms with Crippen molar-refractivity contribution in [2.24, 2.45) is 0 Å². The number of thiazole rings is 1. The molecule has 0 unspecified atom stereocenters. The first-order valence-electron chi connectivity index (χ1n) is 8.66. The number of nitrogens with zero attached hydrogens (tertiary/aromatic N) is 2. The highest BCUT2D eigenvalue weighted by atomic mass is 32.2. The summed E-state index contributed by atoms with van der Waals surface area (Å²) >= 11 is 1.54.